The van der Waals surface area contributed by atoms with E-state index >= 15 is 0 Å². The quantitative estimate of drug-likeness (QED) is 0.0599. The lowest BCUT2D eigenvalue weighted by molar-refractivity contribution is -0.216. The Morgan fingerprint density at radius 1 is 0.576 bits per heavy atom. The zero-order chi connectivity index (χ0) is 63.0. The number of nitrogens with zero attached hydrogens (tertiary/aromatic N) is 1. The van der Waals surface area contributed by atoms with E-state index in [0.29, 0.717) is 41.9 Å². The van der Waals surface area contributed by atoms with Gasteiger partial charge in [0.05, 0.1) is 53.9 Å². The highest BCUT2D eigenvalue weighted by atomic mass is 16.6. The van der Waals surface area contributed by atoms with Crippen molar-refractivity contribution in [2.45, 2.75) is 293 Å². The average Bonchev–Trinajstić information content (AvgIpc) is 1.48. The lowest BCUT2D eigenvalue weighted by Crippen LogP contribution is -2.60. The second kappa shape index (κ2) is 20.8. The van der Waals surface area contributed by atoms with Crippen LogP contribution in [0.2, 0.25) is 0 Å². The highest BCUT2D eigenvalue weighted by Crippen LogP contribution is 2.91. The molecule has 10 aliphatic carbocycles. The number of amides is 2. The van der Waals surface area contributed by atoms with Crippen LogP contribution < -0.4 is 5.73 Å². The van der Waals surface area contributed by atoms with Crippen molar-refractivity contribution in [2.75, 3.05) is 0 Å². The van der Waals surface area contributed by atoms with Crippen molar-refractivity contribution in [3.8, 4) is 0 Å². The van der Waals surface area contributed by atoms with Crippen molar-refractivity contribution >= 4 is 30.0 Å². The number of esters is 2. The Kier molecular flexibility index (Phi) is 15.9. The van der Waals surface area contributed by atoms with Gasteiger partial charge in [0.25, 0.3) is 5.91 Å². The van der Waals surface area contributed by atoms with Gasteiger partial charge in [0.15, 0.2) is 12.2 Å². The van der Waals surface area contributed by atoms with Crippen molar-refractivity contribution in [1.82, 2.24) is 0 Å². The minimum atomic E-state index is -1.26. The van der Waals surface area contributed by atoms with Crippen LogP contribution >= 0.6 is 0 Å². The van der Waals surface area contributed by atoms with Gasteiger partial charge in [-0.1, -0.05) is 69.2 Å². The molecule has 6 unspecified atom stereocenters. The van der Waals surface area contributed by atoms with Gasteiger partial charge in [0.2, 0.25) is 6.08 Å². The lowest BCUT2D eigenvalue weighted by atomic mass is 9.41. The third-order valence-corrected chi connectivity index (χ3v) is 28.7. The summed E-state index contributed by atoms with van der Waals surface area (Å²) in [5.41, 5.74) is 3.09. The molecule has 2 heterocycles. The molecular weight excluding hydrogens is 1080 g/mol. The second-order valence-corrected chi connectivity index (χ2v) is 33.6. The second-order valence-electron chi connectivity index (χ2n) is 33.6. The number of fused-ring (bicyclic) bond motifs is 8. The van der Waals surface area contributed by atoms with Gasteiger partial charge in [-0.3, -0.25) is 14.4 Å². The number of ether oxygens (including phenoxy) is 5. The monoisotopic (exact) mass is 1190 g/mol. The molecule has 17 nitrogen and oxygen atoms in total. The van der Waals surface area contributed by atoms with Crippen LogP contribution in [0.1, 0.15) is 220 Å². The number of aliphatic hydroxyl groups excluding tert-OH is 3. The standard InChI is InChI=1S/C33H53NO7.C32H52O6.C3H3NO2/c1-17-15-19(26(29(5,6)38)39-18(2)35)40-24-23(17)30(7)13-14-33-16-32(33)12-11-22(41-27(34)37)28(3,4)20(32)9-10-21(33)31(30,8)25(24)36;1-17-15-19(26(28(5,6)36)37-18(2)33)38-24-23(17)29(7)13-14-32-16-31(32)12-11-22(34)27(3,4)20(31)9-10-21(32)30(29,8)25(24)35;1-3(6)4-2-5/h17,19-26,36,38H,9-16H2,1-8H3,(H2,34,37);17,19-26,34-36H,9-16H2,1-8H3;1H3/t17-,19?,20+,21?,22+,23+,24+,25+,26+,30-,31-,32?,33+;17-,19?,20+,21?,22+,23+,24+,25+,26+,29-,30-,31?,32+;/m11./s1. The number of primary amides is 1. The fraction of sp³-hybridized carbons (Fsp3) is 0.926. The number of aliphatic hydroxyl groups is 5. The van der Waals surface area contributed by atoms with Gasteiger partial charge in [-0.25, -0.2) is 9.59 Å². The molecule has 480 valence electrons. The number of hydrogen-bond donors (Lipinski definition) is 6. The van der Waals surface area contributed by atoms with Crippen LogP contribution in [0.15, 0.2) is 4.99 Å². The zero-order valence-electron chi connectivity index (χ0n) is 54.5. The molecule has 0 radical (unpaired) electrons. The summed E-state index contributed by atoms with van der Waals surface area (Å²) >= 11 is 0. The van der Waals surface area contributed by atoms with Crippen LogP contribution in [0.4, 0.5) is 4.79 Å². The van der Waals surface area contributed by atoms with Gasteiger partial charge < -0.3 is 55.0 Å². The van der Waals surface area contributed by atoms with E-state index in [2.05, 4.69) is 74.2 Å². The maximum Gasteiger partial charge on any atom is 0.404 e. The molecular formula is C68H108N2O15. The number of carbonyl (C=O) groups is 4. The van der Waals surface area contributed by atoms with Crippen LogP contribution in [0.3, 0.4) is 0 Å². The van der Waals surface area contributed by atoms with Crippen molar-refractivity contribution in [3.05, 3.63) is 0 Å². The first-order chi connectivity index (χ1) is 39.1. The van der Waals surface area contributed by atoms with E-state index in [1.165, 1.54) is 46.5 Å². The van der Waals surface area contributed by atoms with Gasteiger partial charge >= 0.3 is 18.0 Å². The predicted molar refractivity (Wildman–Crippen MR) is 315 cm³/mol. The maximum atomic E-state index is 12.4. The normalized spacial score (nSPS) is 50.3. The third-order valence-electron chi connectivity index (χ3n) is 28.7. The fourth-order valence-electron chi connectivity index (χ4n) is 25.2. The highest BCUT2D eigenvalue weighted by molar-refractivity contribution is 5.78. The molecule has 4 spiro atoms. The van der Waals surface area contributed by atoms with E-state index in [-0.39, 0.29) is 96.8 Å². The van der Waals surface area contributed by atoms with Crippen molar-refractivity contribution < 1.29 is 73.2 Å². The summed E-state index contributed by atoms with van der Waals surface area (Å²) in [7, 11) is 0. The van der Waals surface area contributed by atoms with E-state index in [0.717, 1.165) is 70.3 Å². The van der Waals surface area contributed by atoms with Crippen molar-refractivity contribution in [2.24, 2.45) is 112 Å². The Bertz CT molecular complexity index is 2700. The minimum absolute atomic E-state index is 0.0383. The Morgan fingerprint density at radius 2 is 0.953 bits per heavy atom. The summed E-state index contributed by atoms with van der Waals surface area (Å²) in [6, 6.07) is 0. The molecule has 12 rings (SSSR count). The third kappa shape index (κ3) is 9.07. The number of isocyanates is 1. The Balaban J connectivity index is 0.000000173. The maximum absolute atomic E-state index is 12.4. The molecule has 12 fully saturated rings. The smallest absolute Gasteiger partial charge is 0.404 e. The summed E-state index contributed by atoms with van der Waals surface area (Å²) < 4.78 is 30.5. The van der Waals surface area contributed by atoms with E-state index in [4.69, 9.17) is 34.2 Å². The average molecular weight is 1190 g/mol. The first kappa shape index (κ1) is 64.9. The minimum Gasteiger partial charge on any atom is -0.457 e. The van der Waals surface area contributed by atoms with Gasteiger partial charge in [0, 0.05) is 37.0 Å². The van der Waals surface area contributed by atoms with Crippen LogP contribution in [-0.4, -0.2) is 128 Å². The fourth-order valence-corrected chi connectivity index (χ4v) is 25.2. The lowest BCUT2D eigenvalue weighted by Gasteiger charge is -2.63. The van der Waals surface area contributed by atoms with Gasteiger partial charge in [0.1, 0.15) is 6.10 Å². The van der Waals surface area contributed by atoms with E-state index in [1.54, 1.807) is 27.7 Å². The Labute approximate surface area is 506 Å². The molecule has 17 heteroatoms. The molecule has 7 N–H and O–H groups in total. The van der Waals surface area contributed by atoms with E-state index in [1.807, 2.05) is 0 Å². The predicted octanol–water partition coefficient (Wildman–Crippen LogP) is 9.70. The number of rotatable bonds is 7. The van der Waals surface area contributed by atoms with Crippen LogP contribution in [0.25, 0.3) is 0 Å². The van der Waals surface area contributed by atoms with Gasteiger partial charge in [-0.2, -0.15) is 0 Å². The molecule has 0 bridgehead atoms. The Hall–Kier alpha value is -3.02. The van der Waals surface area contributed by atoms with E-state index < -0.39 is 71.8 Å². The molecule has 2 saturated heterocycles. The van der Waals surface area contributed by atoms with Gasteiger partial charge in [-0.15, -0.1) is 4.99 Å². The first-order valence-electron chi connectivity index (χ1n) is 32.8. The number of hydrogen-bond acceptors (Lipinski definition) is 15. The number of nitrogens with two attached hydrogens (primary N) is 1. The SMILES string of the molecule is CC(=O)N=C=O.CC(=O)O[C@@H](C1C[C@@H](C)[C@H]2[C@H](O1)[C@H](O)[C@@]1(C)C3CC[C@H]4C(C)(C)[C@@H](O)CCC45C[C@@]35CC[C@]21C)C(C)(C)O.CC(=O)O[C@@H](C1C[C@@H](C)[C@H]2[C@H](O1)[C@H](O)[C@@]1(C)C3CC[C@H]4C(C)(C)[C@@H](OC(N)=O)CCC45C[C@@]35CC[C@]21C)C(C)(C)O. The van der Waals surface area contributed by atoms with Crippen LogP contribution in [0.5, 0.6) is 0 Å². The number of aliphatic imine (C=N–C) groups is 1. The molecule has 26 atom stereocenters. The molecule has 2 aliphatic heterocycles. The molecule has 0 aromatic carbocycles. The van der Waals surface area contributed by atoms with Crippen molar-refractivity contribution in [3.63, 3.8) is 0 Å². The van der Waals surface area contributed by atoms with Gasteiger partial charge in [-0.05, 0) is 216 Å². The molecule has 85 heavy (non-hydrogen) atoms. The largest absolute Gasteiger partial charge is 0.457 e. The molecule has 12 aliphatic rings. The van der Waals surface area contributed by atoms with Crippen LogP contribution in [0, 0.1) is 101 Å². The molecule has 0 aromatic rings. The zero-order valence-corrected chi connectivity index (χ0v) is 54.5. The summed E-state index contributed by atoms with van der Waals surface area (Å²) in [5.74, 6) is 1.45. The number of carbonyl (C=O) groups excluding carboxylic acids is 5. The molecule has 2 amide bonds. The van der Waals surface area contributed by atoms with Crippen LogP contribution in [-0.2, 0) is 42.9 Å². The first-order valence-corrected chi connectivity index (χ1v) is 32.8. The summed E-state index contributed by atoms with van der Waals surface area (Å²) in [4.78, 5) is 57.0. The highest BCUT2D eigenvalue weighted by Gasteiger charge is 2.87. The molecule has 10 saturated carbocycles. The van der Waals surface area contributed by atoms with Crippen molar-refractivity contribution in [1.29, 1.82) is 0 Å². The summed E-state index contributed by atoms with van der Waals surface area (Å²) in [6.07, 6.45) is 12.3. The topological polar surface area (TPSA) is 271 Å². The molecule has 0 aromatic heterocycles. The summed E-state index contributed by atoms with van der Waals surface area (Å²) in [5, 5.41) is 57.5. The van der Waals surface area contributed by atoms with E-state index in [9.17, 15) is 44.7 Å². The Morgan fingerprint density at radius 3 is 1.31 bits per heavy atom. The summed E-state index contributed by atoms with van der Waals surface area (Å²) in [6.45, 7) is 33.8.